The van der Waals surface area contributed by atoms with E-state index in [9.17, 15) is 14.4 Å². The van der Waals surface area contributed by atoms with Crippen LogP contribution in [0.15, 0.2) is 18.2 Å². The van der Waals surface area contributed by atoms with Gasteiger partial charge in [0.2, 0.25) is 5.91 Å². The molecule has 2 aliphatic rings. The van der Waals surface area contributed by atoms with Crippen LogP contribution in [0.5, 0.6) is 0 Å². The molecule has 2 heterocycles. The largest absolute Gasteiger partial charge is 0.452 e. The third-order valence-electron chi connectivity index (χ3n) is 5.03. The lowest BCUT2D eigenvalue weighted by molar-refractivity contribution is -0.154. The maximum atomic E-state index is 13.0. The smallest absolute Gasteiger partial charge is 0.306 e. The lowest BCUT2D eigenvalue weighted by atomic mass is 9.99. The molecule has 2 amide bonds. The average molecular weight is 411 g/mol. The number of cyclic esters (lactones) is 1. The van der Waals surface area contributed by atoms with Gasteiger partial charge in [0.15, 0.2) is 6.10 Å². The van der Waals surface area contributed by atoms with E-state index in [1.54, 1.807) is 6.07 Å². The van der Waals surface area contributed by atoms with Gasteiger partial charge in [0.1, 0.15) is 6.04 Å². The maximum Gasteiger partial charge on any atom is 0.306 e. The van der Waals surface area contributed by atoms with E-state index < -0.39 is 16.9 Å². The quantitative estimate of drug-likeness (QED) is 0.772. The van der Waals surface area contributed by atoms with Gasteiger partial charge in [-0.05, 0) is 38.0 Å². The summed E-state index contributed by atoms with van der Waals surface area (Å²) >= 11 is 7.78. The molecule has 2 aliphatic heterocycles. The van der Waals surface area contributed by atoms with Crippen molar-refractivity contribution in [1.82, 2.24) is 10.2 Å². The van der Waals surface area contributed by atoms with Crippen molar-refractivity contribution < 1.29 is 19.1 Å². The molecule has 1 aromatic carbocycles. The summed E-state index contributed by atoms with van der Waals surface area (Å²) in [5.41, 5.74) is 1.85. The van der Waals surface area contributed by atoms with Crippen LogP contribution in [0.1, 0.15) is 37.8 Å². The second kappa shape index (κ2) is 7.72. The first-order valence-electron chi connectivity index (χ1n) is 8.86. The van der Waals surface area contributed by atoms with E-state index in [1.165, 1.54) is 16.7 Å². The minimum atomic E-state index is -0.784. The SMILES string of the molecule is Cc1cccc(Cl)c1CNC(=O)[C@H]1N(C(=O)[C@@H]2CCC(=O)O2)CSC1(C)C. The fraction of sp³-hybridized carbons (Fsp3) is 0.526. The third-order valence-corrected chi connectivity index (χ3v) is 6.76. The Morgan fingerprint density at radius 3 is 2.78 bits per heavy atom. The Labute approximate surface area is 167 Å². The molecule has 2 saturated heterocycles. The zero-order valence-corrected chi connectivity index (χ0v) is 17.2. The van der Waals surface area contributed by atoms with Gasteiger partial charge in [-0.2, -0.15) is 0 Å². The predicted molar refractivity (Wildman–Crippen MR) is 104 cm³/mol. The third kappa shape index (κ3) is 4.09. The molecular formula is C19H23ClN2O4S. The van der Waals surface area contributed by atoms with Crippen molar-refractivity contribution in [1.29, 1.82) is 0 Å². The summed E-state index contributed by atoms with van der Waals surface area (Å²) in [5.74, 6) is -0.507. The molecule has 0 bridgehead atoms. The first-order valence-corrected chi connectivity index (χ1v) is 10.2. The Bertz CT molecular complexity index is 763. The van der Waals surface area contributed by atoms with Crippen LogP contribution in [-0.2, 0) is 25.7 Å². The number of nitrogens with zero attached hydrogens (tertiary/aromatic N) is 1. The molecule has 0 spiro atoms. The minimum Gasteiger partial charge on any atom is -0.452 e. The van der Waals surface area contributed by atoms with E-state index in [0.29, 0.717) is 23.9 Å². The number of carbonyl (C=O) groups excluding carboxylic acids is 3. The Morgan fingerprint density at radius 2 is 2.15 bits per heavy atom. The van der Waals surface area contributed by atoms with E-state index in [2.05, 4.69) is 5.32 Å². The van der Waals surface area contributed by atoms with Gasteiger partial charge >= 0.3 is 5.97 Å². The van der Waals surface area contributed by atoms with Gasteiger partial charge in [-0.1, -0.05) is 23.7 Å². The summed E-state index contributed by atoms with van der Waals surface area (Å²) in [7, 11) is 0. The van der Waals surface area contributed by atoms with E-state index in [-0.39, 0.29) is 24.2 Å². The van der Waals surface area contributed by atoms with E-state index in [4.69, 9.17) is 16.3 Å². The van der Waals surface area contributed by atoms with Crippen LogP contribution >= 0.6 is 23.4 Å². The number of halogens is 1. The molecule has 27 heavy (non-hydrogen) atoms. The van der Waals surface area contributed by atoms with Crippen LogP contribution in [0, 0.1) is 6.92 Å². The topological polar surface area (TPSA) is 75.7 Å². The van der Waals surface area contributed by atoms with Gasteiger partial charge in [0.25, 0.3) is 5.91 Å². The van der Waals surface area contributed by atoms with Gasteiger partial charge in [-0.3, -0.25) is 14.4 Å². The molecule has 8 heteroatoms. The van der Waals surface area contributed by atoms with Crippen molar-refractivity contribution in [3.8, 4) is 0 Å². The van der Waals surface area contributed by atoms with Crippen molar-refractivity contribution in [3.05, 3.63) is 34.3 Å². The maximum absolute atomic E-state index is 13.0. The normalized spacial score (nSPS) is 24.0. The number of nitrogens with one attached hydrogen (secondary N) is 1. The van der Waals surface area contributed by atoms with E-state index >= 15 is 0 Å². The average Bonchev–Trinajstić information content (AvgIpc) is 3.16. The number of esters is 1. The summed E-state index contributed by atoms with van der Waals surface area (Å²) in [6.07, 6.45) is -0.177. The molecule has 146 valence electrons. The first kappa shape index (κ1) is 20.0. The number of aryl methyl sites for hydroxylation is 1. The molecule has 0 radical (unpaired) electrons. The molecule has 0 aromatic heterocycles. The lowest BCUT2D eigenvalue weighted by Gasteiger charge is -2.31. The van der Waals surface area contributed by atoms with Crippen LogP contribution in [0.3, 0.4) is 0 Å². The fourth-order valence-electron chi connectivity index (χ4n) is 3.46. The number of carbonyl (C=O) groups is 3. The highest BCUT2D eigenvalue weighted by Crippen LogP contribution is 2.40. The van der Waals surface area contributed by atoms with Crippen molar-refractivity contribution in [2.75, 3.05) is 5.88 Å². The van der Waals surface area contributed by atoms with Crippen LogP contribution in [0.4, 0.5) is 0 Å². The van der Waals surface area contributed by atoms with Gasteiger partial charge in [0, 0.05) is 29.2 Å². The highest BCUT2D eigenvalue weighted by molar-refractivity contribution is 8.00. The summed E-state index contributed by atoms with van der Waals surface area (Å²) < 4.78 is 4.66. The number of hydrogen-bond acceptors (Lipinski definition) is 5. The first-order chi connectivity index (χ1) is 12.7. The number of amides is 2. The molecule has 2 atom stereocenters. The molecule has 0 unspecified atom stereocenters. The summed E-state index contributed by atoms with van der Waals surface area (Å²) in [5, 5.41) is 3.52. The molecular weight excluding hydrogens is 388 g/mol. The van der Waals surface area contributed by atoms with Crippen LogP contribution in [0.25, 0.3) is 0 Å². The molecule has 6 nitrogen and oxygen atoms in total. The van der Waals surface area contributed by atoms with Crippen molar-refractivity contribution >= 4 is 41.1 Å². The van der Waals surface area contributed by atoms with Crippen LogP contribution in [-0.4, -0.2) is 45.5 Å². The highest BCUT2D eigenvalue weighted by atomic mass is 35.5. The van der Waals surface area contributed by atoms with Gasteiger partial charge in [-0.25, -0.2) is 0 Å². The van der Waals surface area contributed by atoms with E-state index in [1.807, 2.05) is 32.9 Å². The van der Waals surface area contributed by atoms with Crippen LogP contribution in [0.2, 0.25) is 5.02 Å². The summed E-state index contributed by atoms with van der Waals surface area (Å²) in [6.45, 7) is 6.11. The van der Waals surface area contributed by atoms with Gasteiger partial charge in [-0.15, -0.1) is 11.8 Å². The molecule has 1 aromatic rings. The minimum absolute atomic E-state index is 0.234. The number of benzene rings is 1. The highest BCUT2D eigenvalue weighted by Gasteiger charge is 2.50. The number of thioether (sulfide) groups is 1. The Kier molecular flexibility index (Phi) is 5.72. The monoisotopic (exact) mass is 410 g/mol. The van der Waals surface area contributed by atoms with Crippen molar-refractivity contribution in [3.63, 3.8) is 0 Å². The fourth-order valence-corrected chi connectivity index (χ4v) is 4.89. The Hall–Kier alpha value is -1.73. The molecule has 3 rings (SSSR count). The molecule has 0 saturated carbocycles. The second-order valence-corrected chi connectivity index (χ2v) is 9.36. The van der Waals surface area contributed by atoms with Crippen LogP contribution < -0.4 is 5.32 Å². The number of rotatable bonds is 4. The number of hydrogen-bond donors (Lipinski definition) is 1. The molecule has 2 fully saturated rings. The van der Waals surface area contributed by atoms with E-state index in [0.717, 1.165) is 11.1 Å². The Morgan fingerprint density at radius 1 is 1.41 bits per heavy atom. The predicted octanol–water partition coefficient (Wildman–Crippen LogP) is 2.65. The standard InChI is InChI=1S/C19H23ClN2O4S/c1-11-5-4-6-13(20)12(11)9-21-17(24)16-19(2,3)27-10-22(16)18(25)14-7-8-15(23)26-14/h4-6,14,16H,7-10H2,1-3H3,(H,21,24)/t14-,16+/m0/s1. The summed E-state index contributed by atoms with van der Waals surface area (Å²) in [6, 6.07) is 4.95. The molecule has 1 N–H and O–H groups in total. The Balaban J connectivity index is 1.73. The summed E-state index contributed by atoms with van der Waals surface area (Å²) in [4.78, 5) is 38.7. The van der Waals surface area contributed by atoms with Crippen molar-refractivity contribution in [2.24, 2.45) is 0 Å². The second-order valence-electron chi connectivity index (χ2n) is 7.36. The zero-order chi connectivity index (χ0) is 19.8. The van der Waals surface area contributed by atoms with Gasteiger partial charge in [0.05, 0.1) is 5.88 Å². The number of ether oxygens (including phenoxy) is 1. The zero-order valence-electron chi connectivity index (χ0n) is 15.6. The van der Waals surface area contributed by atoms with Gasteiger partial charge < -0.3 is 15.0 Å². The van der Waals surface area contributed by atoms with Crippen molar-refractivity contribution in [2.45, 2.75) is 57.1 Å². The lowest BCUT2D eigenvalue weighted by Crippen LogP contribution is -2.55. The molecule has 0 aliphatic carbocycles.